The second kappa shape index (κ2) is 7.95. The van der Waals surface area contributed by atoms with Gasteiger partial charge in [0.15, 0.2) is 0 Å². The number of rotatable bonds is 6. The van der Waals surface area contributed by atoms with Crippen molar-refractivity contribution in [2.75, 3.05) is 37.6 Å². The number of hydrogen-bond donors (Lipinski definition) is 1. The Hall–Kier alpha value is -1.97. The van der Waals surface area contributed by atoms with Gasteiger partial charge in [-0.15, -0.1) is 0 Å². The molecule has 1 fully saturated rings. The molecule has 0 aliphatic carbocycles. The van der Waals surface area contributed by atoms with Crippen LogP contribution in [0.1, 0.15) is 23.9 Å². The fraction of sp³-hybridized carbons (Fsp3) is 0.556. The van der Waals surface area contributed by atoms with Gasteiger partial charge < -0.3 is 9.80 Å². The van der Waals surface area contributed by atoms with Crippen molar-refractivity contribution in [3.8, 4) is 0 Å². The summed E-state index contributed by atoms with van der Waals surface area (Å²) in [5.41, 5.74) is 1.95. The van der Waals surface area contributed by atoms with Crippen molar-refractivity contribution in [3.05, 3.63) is 35.3 Å². The van der Waals surface area contributed by atoms with Crippen LogP contribution in [0.3, 0.4) is 0 Å². The highest BCUT2D eigenvalue weighted by atomic mass is 32.2. The van der Waals surface area contributed by atoms with E-state index in [0.29, 0.717) is 11.4 Å². The third-order valence-corrected chi connectivity index (χ3v) is 6.78. The summed E-state index contributed by atoms with van der Waals surface area (Å²) < 4.78 is 29.5. The van der Waals surface area contributed by atoms with Crippen LogP contribution in [0.5, 0.6) is 0 Å². The van der Waals surface area contributed by atoms with Gasteiger partial charge in [-0.3, -0.25) is 4.68 Å². The summed E-state index contributed by atoms with van der Waals surface area (Å²) in [4.78, 5) is 9.46. The fourth-order valence-electron chi connectivity index (χ4n) is 3.40. The summed E-state index contributed by atoms with van der Waals surface area (Å²) in [6, 6.07) is 3.89. The highest BCUT2D eigenvalue weighted by Gasteiger charge is 2.23. The van der Waals surface area contributed by atoms with E-state index in [-0.39, 0.29) is 11.4 Å². The minimum Gasteiger partial charge on any atom is -0.354 e. The summed E-state index contributed by atoms with van der Waals surface area (Å²) in [5.74, 6) is 0.941. The van der Waals surface area contributed by atoms with E-state index in [1.165, 1.54) is 0 Å². The van der Waals surface area contributed by atoms with Crippen molar-refractivity contribution in [3.63, 3.8) is 0 Å². The molecule has 0 radical (unpaired) electrons. The predicted molar refractivity (Wildman–Crippen MR) is 105 cm³/mol. The van der Waals surface area contributed by atoms with E-state index in [9.17, 15) is 8.42 Å². The van der Waals surface area contributed by atoms with Gasteiger partial charge in [-0.05, 0) is 32.0 Å². The molecule has 27 heavy (non-hydrogen) atoms. The molecular weight excluding hydrogens is 364 g/mol. The molecule has 1 N–H and O–H groups in total. The molecule has 9 heteroatoms. The van der Waals surface area contributed by atoms with E-state index < -0.39 is 10.0 Å². The van der Waals surface area contributed by atoms with Crippen molar-refractivity contribution >= 4 is 15.8 Å². The highest BCUT2D eigenvalue weighted by Crippen LogP contribution is 2.19. The van der Waals surface area contributed by atoms with E-state index in [4.69, 9.17) is 0 Å². The summed E-state index contributed by atoms with van der Waals surface area (Å²) >= 11 is 0. The Morgan fingerprint density at radius 2 is 1.85 bits per heavy atom. The number of anilines is 1. The summed E-state index contributed by atoms with van der Waals surface area (Å²) in [5, 5.41) is 4.18. The lowest BCUT2D eigenvalue weighted by molar-refractivity contribution is 0.270. The van der Waals surface area contributed by atoms with E-state index in [0.717, 1.165) is 44.1 Å². The van der Waals surface area contributed by atoms with Crippen LogP contribution in [-0.2, 0) is 23.6 Å². The van der Waals surface area contributed by atoms with Crippen LogP contribution >= 0.6 is 0 Å². The first kappa shape index (κ1) is 19.8. The number of nitrogens with one attached hydrogen (secondary N) is 1. The van der Waals surface area contributed by atoms with Crippen molar-refractivity contribution in [1.29, 1.82) is 0 Å². The normalized spacial score (nSPS) is 16.1. The average Bonchev–Trinajstić information content (AvgIpc) is 2.93. The Balaban J connectivity index is 1.63. The van der Waals surface area contributed by atoms with Crippen LogP contribution < -0.4 is 9.62 Å². The number of sulfonamides is 1. The second-order valence-electron chi connectivity index (χ2n) is 6.89. The van der Waals surface area contributed by atoms with Crippen LogP contribution in [-0.4, -0.2) is 60.8 Å². The maximum absolute atomic E-state index is 12.6. The summed E-state index contributed by atoms with van der Waals surface area (Å²) in [6.45, 7) is 10.9. The lowest BCUT2D eigenvalue weighted by Gasteiger charge is -2.34. The largest absolute Gasteiger partial charge is 0.354 e. The average molecular weight is 393 g/mol. The molecule has 2 aromatic rings. The third kappa shape index (κ3) is 4.31. The molecule has 2 aromatic heterocycles. The Labute approximate surface area is 161 Å². The molecule has 0 atom stereocenters. The molecule has 8 nitrogen and oxygen atoms in total. The van der Waals surface area contributed by atoms with Gasteiger partial charge >= 0.3 is 0 Å². The van der Waals surface area contributed by atoms with Crippen LogP contribution in [0.25, 0.3) is 0 Å². The van der Waals surface area contributed by atoms with Gasteiger partial charge in [0.25, 0.3) is 0 Å². The van der Waals surface area contributed by atoms with E-state index in [1.807, 2.05) is 12.1 Å². The van der Waals surface area contributed by atoms with Crippen molar-refractivity contribution in [1.82, 2.24) is 24.4 Å². The lowest BCUT2D eigenvalue weighted by atomic mass is 10.2. The first-order valence-electron chi connectivity index (χ1n) is 9.24. The molecule has 0 aromatic carbocycles. The smallest absolute Gasteiger partial charge is 0.244 e. The molecule has 1 saturated heterocycles. The molecule has 0 saturated carbocycles. The van der Waals surface area contributed by atoms with Gasteiger partial charge in [0.1, 0.15) is 10.7 Å². The number of aryl methyl sites for hydroxylation is 2. The molecule has 0 unspecified atom stereocenters. The zero-order valence-corrected chi connectivity index (χ0v) is 17.3. The van der Waals surface area contributed by atoms with Crippen LogP contribution in [0.15, 0.2) is 23.2 Å². The van der Waals surface area contributed by atoms with Crippen LogP contribution in [0.2, 0.25) is 0 Å². The van der Waals surface area contributed by atoms with Crippen LogP contribution in [0.4, 0.5) is 5.82 Å². The van der Waals surface area contributed by atoms with Crippen molar-refractivity contribution in [2.24, 2.45) is 7.05 Å². The zero-order chi connectivity index (χ0) is 19.6. The number of pyridine rings is 1. The Kier molecular flexibility index (Phi) is 5.83. The van der Waals surface area contributed by atoms with Gasteiger partial charge in [-0.2, -0.15) is 5.10 Å². The number of piperazine rings is 1. The summed E-state index contributed by atoms with van der Waals surface area (Å²) in [6.07, 6.45) is 1.74. The van der Waals surface area contributed by atoms with E-state index in [2.05, 4.69) is 31.5 Å². The lowest BCUT2D eigenvalue weighted by Crippen LogP contribution is -2.46. The number of nitrogens with zero attached hydrogens (tertiary/aromatic N) is 5. The minimum atomic E-state index is -3.62. The van der Waals surface area contributed by atoms with Gasteiger partial charge in [-0.1, -0.05) is 13.0 Å². The van der Waals surface area contributed by atoms with Gasteiger partial charge in [0.05, 0.1) is 11.4 Å². The summed E-state index contributed by atoms with van der Waals surface area (Å²) in [7, 11) is -1.88. The molecule has 3 rings (SSSR count). The van der Waals surface area contributed by atoms with E-state index >= 15 is 0 Å². The first-order chi connectivity index (χ1) is 12.8. The number of aromatic nitrogens is 3. The molecule has 1 aliphatic rings. The monoisotopic (exact) mass is 392 g/mol. The molecule has 0 amide bonds. The first-order valence-corrected chi connectivity index (χ1v) is 10.7. The molecule has 3 heterocycles. The Morgan fingerprint density at radius 3 is 2.37 bits per heavy atom. The van der Waals surface area contributed by atoms with Gasteiger partial charge in [-0.25, -0.2) is 18.1 Å². The zero-order valence-electron chi connectivity index (χ0n) is 16.4. The second-order valence-corrected chi connectivity index (χ2v) is 8.60. The minimum absolute atomic E-state index is 0.201. The number of likely N-dealkylation sites (N-methyl/N-ethyl adjacent to an activating group) is 1. The Morgan fingerprint density at radius 1 is 1.15 bits per heavy atom. The molecule has 148 valence electrons. The fourth-order valence-corrected chi connectivity index (χ4v) is 4.85. The molecule has 0 spiro atoms. The molecular formula is C18H28N6O2S. The standard InChI is InChI=1S/C18H28N6O2S/c1-5-23-8-10-24(11-9-23)17-7-6-16(12-19-17)13-20-27(25,26)18-14(2)21-22(4)15(18)3/h6-7,12,20H,5,8-11,13H2,1-4H3. The maximum atomic E-state index is 12.6. The maximum Gasteiger partial charge on any atom is 0.244 e. The predicted octanol–water partition coefficient (Wildman–Crippen LogP) is 1.05. The quantitative estimate of drug-likeness (QED) is 0.791. The SMILES string of the molecule is CCN1CCN(c2ccc(CNS(=O)(=O)c3c(C)nn(C)c3C)cn2)CC1. The van der Waals surface area contributed by atoms with Gasteiger partial charge in [0, 0.05) is 46.0 Å². The highest BCUT2D eigenvalue weighted by molar-refractivity contribution is 7.89. The topological polar surface area (TPSA) is 83.4 Å². The van der Waals surface area contributed by atoms with Crippen molar-refractivity contribution < 1.29 is 8.42 Å². The molecule has 1 aliphatic heterocycles. The third-order valence-electron chi connectivity index (χ3n) is 5.13. The van der Waals surface area contributed by atoms with Crippen LogP contribution in [0, 0.1) is 13.8 Å². The van der Waals surface area contributed by atoms with Crippen molar-refractivity contribution in [2.45, 2.75) is 32.2 Å². The van der Waals surface area contributed by atoms with E-state index in [1.54, 1.807) is 31.8 Å². The van der Waals surface area contributed by atoms with Gasteiger partial charge in [0.2, 0.25) is 10.0 Å². The number of hydrogen-bond acceptors (Lipinski definition) is 6. The Bertz CT molecular complexity index is 883. The molecule has 0 bridgehead atoms.